The highest BCUT2D eigenvalue weighted by Crippen LogP contribution is 2.66. The van der Waals surface area contributed by atoms with Gasteiger partial charge in [0.2, 0.25) is 0 Å². The van der Waals surface area contributed by atoms with Gasteiger partial charge in [-0.2, -0.15) is 0 Å². The number of benzene rings is 1. The van der Waals surface area contributed by atoms with E-state index in [4.69, 9.17) is 0 Å². The van der Waals surface area contributed by atoms with Crippen molar-refractivity contribution in [2.75, 3.05) is 0 Å². The summed E-state index contributed by atoms with van der Waals surface area (Å²) in [6.07, 6.45) is 10.9. The number of Topliss-reactive ketones (excluding diaryl/α,β-unsaturated/α-hetero) is 1. The summed E-state index contributed by atoms with van der Waals surface area (Å²) in [5.74, 6) is 3.03. The lowest BCUT2D eigenvalue weighted by atomic mass is 9.45. The van der Waals surface area contributed by atoms with Gasteiger partial charge in [-0.05, 0) is 97.7 Å². The van der Waals surface area contributed by atoms with Crippen LogP contribution in [-0.4, -0.2) is 17.0 Å². The second kappa shape index (κ2) is 6.55. The average Bonchev–Trinajstić information content (AvgIpc) is 2.94. The summed E-state index contributed by atoms with van der Waals surface area (Å²) in [6, 6.07) is 10.3. The van der Waals surface area contributed by atoms with Gasteiger partial charge in [-0.3, -0.25) is 4.79 Å². The van der Waals surface area contributed by atoms with Gasteiger partial charge in [0.1, 0.15) is 0 Å². The van der Waals surface area contributed by atoms with E-state index in [1.807, 2.05) is 6.07 Å². The van der Waals surface area contributed by atoms with Gasteiger partial charge in [-0.1, -0.05) is 44.2 Å². The van der Waals surface area contributed by atoms with Crippen LogP contribution in [0.3, 0.4) is 0 Å². The Morgan fingerprint density at radius 1 is 1.00 bits per heavy atom. The zero-order chi connectivity index (χ0) is 19.5. The fourth-order valence-electron chi connectivity index (χ4n) is 7.79. The first-order chi connectivity index (χ1) is 13.4. The monoisotopic (exact) mass is 378 g/mol. The number of hydrogen-bond acceptors (Lipinski definition) is 2. The summed E-state index contributed by atoms with van der Waals surface area (Å²) in [5.41, 5.74) is 2.43. The van der Waals surface area contributed by atoms with Gasteiger partial charge in [0.25, 0.3) is 0 Å². The summed E-state index contributed by atoms with van der Waals surface area (Å²) < 4.78 is 0. The highest BCUT2D eigenvalue weighted by Gasteiger charge is 2.61. The van der Waals surface area contributed by atoms with Gasteiger partial charge >= 0.3 is 0 Å². The summed E-state index contributed by atoms with van der Waals surface area (Å²) >= 11 is 0. The number of fused-ring (bicyclic) bond motifs is 5. The van der Waals surface area contributed by atoms with E-state index >= 15 is 0 Å². The van der Waals surface area contributed by atoms with Gasteiger partial charge in [0, 0.05) is 5.41 Å². The third kappa shape index (κ3) is 2.67. The molecule has 28 heavy (non-hydrogen) atoms. The van der Waals surface area contributed by atoms with Crippen molar-refractivity contribution >= 4 is 11.9 Å². The minimum atomic E-state index is -0.154. The zero-order valence-corrected chi connectivity index (χ0v) is 17.4. The highest BCUT2D eigenvalue weighted by atomic mass is 16.3. The lowest BCUT2D eigenvalue weighted by molar-refractivity contribution is -0.141. The second-order valence-corrected chi connectivity index (χ2v) is 10.7. The molecule has 0 unspecified atom stereocenters. The van der Waals surface area contributed by atoms with E-state index in [0.717, 1.165) is 42.7 Å². The Bertz CT molecular complexity index is 796. The van der Waals surface area contributed by atoms with E-state index in [1.165, 1.54) is 25.7 Å². The van der Waals surface area contributed by atoms with Crippen LogP contribution in [0.5, 0.6) is 0 Å². The highest BCUT2D eigenvalue weighted by molar-refractivity contribution is 6.05. The molecule has 2 nitrogen and oxygen atoms in total. The van der Waals surface area contributed by atoms with Crippen LogP contribution in [-0.2, 0) is 4.79 Å². The van der Waals surface area contributed by atoms with Crippen LogP contribution >= 0.6 is 0 Å². The molecule has 1 N–H and O–H groups in total. The first kappa shape index (κ1) is 18.6. The SMILES string of the molecule is C[C@]12CC[C@@H](O)C[C@@H]1CC[C@H]1[C@H]2CC[C@]2(C)C(=O)/C(=C/c3ccccc3)C[C@@H]12. The molecule has 4 aliphatic rings. The molecule has 0 saturated heterocycles. The molecule has 4 saturated carbocycles. The van der Waals surface area contributed by atoms with E-state index in [9.17, 15) is 9.90 Å². The molecule has 0 heterocycles. The molecule has 0 spiro atoms. The maximum atomic E-state index is 13.4. The van der Waals surface area contributed by atoms with Crippen molar-refractivity contribution in [3.63, 3.8) is 0 Å². The molecular weight excluding hydrogens is 344 g/mol. The van der Waals surface area contributed by atoms with Crippen molar-refractivity contribution in [1.29, 1.82) is 0 Å². The van der Waals surface area contributed by atoms with Crippen LogP contribution in [0.4, 0.5) is 0 Å². The molecule has 0 aromatic heterocycles. The first-order valence-corrected chi connectivity index (χ1v) is 11.4. The summed E-state index contributed by atoms with van der Waals surface area (Å²) in [5, 5.41) is 10.2. The number of aliphatic hydroxyl groups excluding tert-OH is 1. The Morgan fingerprint density at radius 2 is 1.79 bits per heavy atom. The maximum Gasteiger partial charge on any atom is 0.165 e. The fraction of sp³-hybridized carbons (Fsp3) is 0.654. The third-order valence-corrected chi connectivity index (χ3v) is 9.42. The minimum absolute atomic E-state index is 0.0862. The van der Waals surface area contributed by atoms with Gasteiger partial charge in [-0.15, -0.1) is 0 Å². The van der Waals surface area contributed by atoms with E-state index in [-0.39, 0.29) is 11.5 Å². The van der Waals surface area contributed by atoms with Gasteiger partial charge in [0.05, 0.1) is 6.10 Å². The number of carbonyl (C=O) groups excluding carboxylic acids is 1. The predicted molar refractivity (Wildman–Crippen MR) is 113 cm³/mol. The first-order valence-electron chi connectivity index (χ1n) is 11.4. The molecule has 4 fully saturated rings. The van der Waals surface area contributed by atoms with Crippen molar-refractivity contribution in [2.24, 2.45) is 34.5 Å². The molecule has 0 amide bonds. The summed E-state index contributed by atoms with van der Waals surface area (Å²) in [6.45, 7) is 4.78. The molecule has 1 aromatic rings. The molecule has 5 rings (SSSR count). The van der Waals surface area contributed by atoms with Crippen molar-refractivity contribution in [3.05, 3.63) is 41.5 Å². The van der Waals surface area contributed by atoms with E-state index in [0.29, 0.717) is 29.0 Å². The second-order valence-electron chi connectivity index (χ2n) is 10.7. The number of rotatable bonds is 1. The Kier molecular flexibility index (Phi) is 4.36. The predicted octanol–water partition coefficient (Wildman–Crippen LogP) is 5.65. The number of carbonyl (C=O) groups is 1. The molecule has 0 bridgehead atoms. The number of allylic oxidation sites excluding steroid dienone is 1. The van der Waals surface area contributed by atoms with Crippen molar-refractivity contribution in [1.82, 2.24) is 0 Å². The molecule has 1 aromatic carbocycles. The molecule has 0 aliphatic heterocycles. The Morgan fingerprint density at radius 3 is 2.57 bits per heavy atom. The largest absolute Gasteiger partial charge is 0.393 e. The molecule has 2 heteroatoms. The third-order valence-electron chi connectivity index (χ3n) is 9.42. The van der Waals surface area contributed by atoms with E-state index in [1.54, 1.807) is 0 Å². The number of ketones is 1. The van der Waals surface area contributed by atoms with Gasteiger partial charge in [0.15, 0.2) is 5.78 Å². The van der Waals surface area contributed by atoms with E-state index < -0.39 is 0 Å². The smallest absolute Gasteiger partial charge is 0.165 e. The Balaban J connectivity index is 1.45. The molecule has 150 valence electrons. The zero-order valence-electron chi connectivity index (χ0n) is 17.4. The van der Waals surface area contributed by atoms with Gasteiger partial charge < -0.3 is 5.11 Å². The molecule has 0 radical (unpaired) electrons. The van der Waals surface area contributed by atoms with Crippen LogP contribution in [0.25, 0.3) is 6.08 Å². The van der Waals surface area contributed by atoms with Crippen LogP contribution in [0, 0.1) is 34.5 Å². The minimum Gasteiger partial charge on any atom is -0.393 e. The topological polar surface area (TPSA) is 37.3 Å². The van der Waals surface area contributed by atoms with E-state index in [2.05, 4.69) is 44.2 Å². The maximum absolute atomic E-state index is 13.4. The van der Waals surface area contributed by atoms with Crippen LogP contribution in [0.15, 0.2) is 35.9 Å². The molecule has 4 aliphatic carbocycles. The summed E-state index contributed by atoms with van der Waals surface area (Å²) in [4.78, 5) is 13.4. The summed E-state index contributed by atoms with van der Waals surface area (Å²) in [7, 11) is 0. The quantitative estimate of drug-likeness (QED) is 0.641. The lowest BCUT2D eigenvalue weighted by Gasteiger charge is -2.59. The standard InChI is InChI=1S/C26H34O2/c1-25-12-10-20(27)16-19(25)8-9-21-22(25)11-13-26(2)23(21)15-18(24(26)28)14-17-6-4-3-5-7-17/h3-7,14,19-23,27H,8-13,15-16H2,1-2H3/b18-14+/t19-,20+,21-,22+,23-,25-,26-/m0/s1. The van der Waals surface area contributed by atoms with Crippen molar-refractivity contribution < 1.29 is 9.90 Å². The average molecular weight is 379 g/mol. The number of hydrogen-bond donors (Lipinski definition) is 1. The lowest BCUT2D eigenvalue weighted by Crippen LogP contribution is -2.54. The van der Waals surface area contributed by atoms with Crippen molar-refractivity contribution in [3.8, 4) is 0 Å². The normalized spacial score (nSPS) is 46.8. The van der Waals surface area contributed by atoms with Crippen LogP contribution < -0.4 is 0 Å². The van der Waals surface area contributed by atoms with Crippen molar-refractivity contribution in [2.45, 2.75) is 71.3 Å². The van der Waals surface area contributed by atoms with Crippen LogP contribution in [0.1, 0.15) is 70.8 Å². The molecular formula is C26H34O2. The van der Waals surface area contributed by atoms with Crippen LogP contribution in [0.2, 0.25) is 0 Å². The molecule has 7 atom stereocenters. The Labute approximate surface area is 169 Å². The fourth-order valence-corrected chi connectivity index (χ4v) is 7.79. The Hall–Kier alpha value is -1.41. The number of aliphatic hydroxyl groups is 1. The van der Waals surface area contributed by atoms with Gasteiger partial charge in [-0.25, -0.2) is 0 Å².